The lowest BCUT2D eigenvalue weighted by Gasteiger charge is -2.13. The number of benzene rings is 2. The van der Waals surface area contributed by atoms with E-state index in [1.807, 2.05) is 0 Å². The highest BCUT2D eigenvalue weighted by Crippen LogP contribution is 2.34. The fourth-order valence-electron chi connectivity index (χ4n) is 2.44. The van der Waals surface area contributed by atoms with Crippen LogP contribution >= 0.6 is 0 Å². The maximum Gasteiger partial charge on any atom is 0.418 e. The predicted octanol–water partition coefficient (Wildman–Crippen LogP) is 4.09. The van der Waals surface area contributed by atoms with Crippen LogP contribution in [0.4, 0.5) is 24.5 Å². The minimum absolute atomic E-state index is 0.123. The average molecular weight is 377 g/mol. The summed E-state index contributed by atoms with van der Waals surface area (Å²) in [5, 5.41) is 20.9. The third-order valence-electron chi connectivity index (χ3n) is 3.69. The molecule has 0 aliphatic carbocycles. The van der Waals surface area contributed by atoms with Gasteiger partial charge in [0.15, 0.2) is 0 Å². The molecule has 0 unspecified atom stereocenters. The van der Waals surface area contributed by atoms with Gasteiger partial charge in [-0.25, -0.2) is 0 Å². The number of alkyl halides is 3. The number of hydrogen-bond donors (Lipinski definition) is 2. The smallest absolute Gasteiger partial charge is 0.418 e. The lowest BCUT2D eigenvalue weighted by atomic mass is 10.1. The molecule has 0 radical (unpaired) electrons. The maximum atomic E-state index is 13.0. The molecule has 3 rings (SSSR count). The maximum absolute atomic E-state index is 13.0. The summed E-state index contributed by atoms with van der Waals surface area (Å²) in [5.41, 5.74) is -2.60. The van der Waals surface area contributed by atoms with E-state index < -0.39 is 33.8 Å². The van der Waals surface area contributed by atoms with E-state index in [4.69, 9.17) is 9.83 Å². The Labute approximate surface area is 148 Å². The van der Waals surface area contributed by atoms with Crippen molar-refractivity contribution in [2.24, 2.45) is 0 Å². The van der Waals surface area contributed by atoms with Gasteiger partial charge in [0, 0.05) is 17.5 Å². The van der Waals surface area contributed by atoms with Crippen LogP contribution in [0.15, 0.2) is 52.9 Å². The molecule has 1 amide bonds. The summed E-state index contributed by atoms with van der Waals surface area (Å²) in [4.78, 5) is 22.6. The van der Waals surface area contributed by atoms with Gasteiger partial charge in [-0.1, -0.05) is 12.1 Å². The van der Waals surface area contributed by atoms with Crippen LogP contribution in [0.3, 0.4) is 0 Å². The molecule has 1 heterocycles. The molecule has 0 atom stereocenters. The van der Waals surface area contributed by atoms with Gasteiger partial charge in [-0.2, -0.15) is 13.2 Å². The molecule has 10 heteroatoms. The third kappa shape index (κ3) is 3.64. The van der Waals surface area contributed by atoms with E-state index in [0.717, 1.165) is 24.3 Å². The van der Waals surface area contributed by atoms with E-state index in [0.29, 0.717) is 0 Å². The molecule has 3 aromatic rings. The van der Waals surface area contributed by atoms with E-state index >= 15 is 0 Å². The zero-order valence-corrected chi connectivity index (χ0v) is 13.3. The number of nitro benzene ring substituents is 1. The van der Waals surface area contributed by atoms with Gasteiger partial charge in [0.05, 0.1) is 16.2 Å². The minimum atomic E-state index is -4.68. The molecule has 0 saturated heterocycles. The summed E-state index contributed by atoms with van der Waals surface area (Å²) in [6.07, 6.45) is -4.68. The summed E-state index contributed by atoms with van der Waals surface area (Å²) < 4.78 is 44.3. The number of fused-ring (bicyclic) bond motifs is 1. The minimum Gasteiger partial charge on any atom is -0.438 e. The lowest BCUT2D eigenvalue weighted by molar-refractivity contribution is -0.384. The standard InChI is InChI=1S/C17H10F3N3O4/c18-17(19,20)12-3-1-2-4-13(12)22-16(24)11-8-9-7-10(23(25)26)5-6-14(9)27-15(11)21/h1-8,21H,(H,22,24). The number of nitrogens with one attached hydrogen (secondary N) is 2. The summed E-state index contributed by atoms with van der Waals surface area (Å²) in [5.74, 6) is -1.01. The Bertz CT molecular complexity index is 1120. The van der Waals surface area contributed by atoms with Gasteiger partial charge in [-0.3, -0.25) is 20.3 Å². The van der Waals surface area contributed by atoms with Crippen LogP contribution in [-0.4, -0.2) is 10.8 Å². The topological polar surface area (TPSA) is 109 Å². The fourth-order valence-corrected chi connectivity index (χ4v) is 2.44. The Balaban J connectivity index is 2.03. The first-order chi connectivity index (χ1) is 12.7. The second kappa shape index (κ2) is 6.56. The van der Waals surface area contributed by atoms with E-state index in [-0.39, 0.29) is 22.2 Å². The molecule has 0 fully saturated rings. The van der Waals surface area contributed by atoms with Crippen LogP contribution in [-0.2, 0) is 6.18 Å². The van der Waals surface area contributed by atoms with Gasteiger partial charge in [-0.15, -0.1) is 0 Å². The number of amides is 1. The van der Waals surface area contributed by atoms with Crippen molar-refractivity contribution in [3.63, 3.8) is 0 Å². The second-order valence-electron chi connectivity index (χ2n) is 5.47. The third-order valence-corrected chi connectivity index (χ3v) is 3.69. The molecular formula is C17H10F3N3O4. The molecule has 0 saturated carbocycles. The Morgan fingerprint density at radius 2 is 1.85 bits per heavy atom. The molecule has 0 aliphatic rings. The monoisotopic (exact) mass is 377 g/mol. The first-order valence-electron chi connectivity index (χ1n) is 7.41. The Hall–Kier alpha value is -3.69. The summed E-state index contributed by atoms with van der Waals surface area (Å²) in [6, 6.07) is 9.12. The quantitative estimate of drug-likeness (QED) is 0.529. The highest BCUT2D eigenvalue weighted by atomic mass is 19.4. The van der Waals surface area contributed by atoms with Crippen molar-refractivity contribution in [1.29, 1.82) is 5.41 Å². The van der Waals surface area contributed by atoms with E-state index in [9.17, 15) is 28.1 Å². The first-order valence-corrected chi connectivity index (χ1v) is 7.41. The molecule has 0 spiro atoms. The van der Waals surface area contributed by atoms with Crippen molar-refractivity contribution in [3.05, 3.63) is 75.3 Å². The number of hydrogen-bond acceptors (Lipinski definition) is 5. The second-order valence-corrected chi connectivity index (χ2v) is 5.47. The van der Waals surface area contributed by atoms with Gasteiger partial charge in [-0.05, 0) is 24.3 Å². The summed E-state index contributed by atoms with van der Waals surface area (Å²) in [6.45, 7) is 0. The van der Waals surface area contributed by atoms with Gasteiger partial charge in [0.1, 0.15) is 11.1 Å². The molecule has 27 heavy (non-hydrogen) atoms. The van der Waals surface area contributed by atoms with E-state index in [1.54, 1.807) is 0 Å². The van der Waals surface area contributed by atoms with Crippen molar-refractivity contribution in [2.45, 2.75) is 6.18 Å². The normalized spacial score (nSPS) is 11.4. The van der Waals surface area contributed by atoms with Crippen LogP contribution in [0, 0.1) is 15.5 Å². The lowest BCUT2D eigenvalue weighted by Crippen LogP contribution is -2.22. The van der Waals surface area contributed by atoms with Crippen LogP contribution < -0.4 is 10.9 Å². The number of carbonyl (C=O) groups excluding carboxylic acids is 1. The molecular weight excluding hydrogens is 367 g/mol. The SMILES string of the molecule is N=c1oc2ccc([N+](=O)[O-])cc2cc1C(=O)Nc1ccccc1C(F)(F)F. The predicted molar refractivity (Wildman–Crippen MR) is 88.1 cm³/mol. The van der Waals surface area contributed by atoms with Crippen LogP contribution in [0.2, 0.25) is 0 Å². The Kier molecular flexibility index (Phi) is 4.40. The van der Waals surface area contributed by atoms with Gasteiger partial charge in [0.2, 0.25) is 5.55 Å². The molecule has 0 bridgehead atoms. The Morgan fingerprint density at radius 3 is 2.52 bits per heavy atom. The van der Waals surface area contributed by atoms with Crippen molar-refractivity contribution in [3.8, 4) is 0 Å². The van der Waals surface area contributed by atoms with Gasteiger partial charge < -0.3 is 9.73 Å². The van der Waals surface area contributed by atoms with Crippen molar-refractivity contribution >= 4 is 28.3 Å². The number of nitro groups is 1. The largest absolute Gasteiger partial charge is 0.438 e. The zero-order valence-electron chi connectivity index (χ0n) is 13.3. The van der Waals surface area contributed by atoms with Crippen LogP contribution in [0.25, 0.3) is 11.0 Å². The number of para-hydroxylation sites is 1. The molecule has 138 valence electrons. The van der Waals surface area contributed by atoms with Crippen LogP contribution in [0.1, 0.15) is 15.9 Å². The first kappa shape index (κ1) is 18.1. The number of nitrogens with zero attached hydrogens (tertiary/aromatic N) is 1. The molecule has 1 aromatic heterocycles. The van der Waals surface area contributed by atoms with E-state index in [2.05, 4.69) is 5.32 Å². The number of carbonyl (C=O) groups is 1. The van der Waals surface area contributed by atoms with Gasteiger partial charge >= 0.3 is 6.18 Å². The number of rotatable bonds is 3. The summed E-state index contributed by atoms with van der Waals surface area (Å²) in [7, 11) is 0. The van der Waals surface area contributed by atoms with Crippen LogP contribution in [0.5, 0.6) is 0 Å². The number of non-ortho nitro benzene ring substituents is 1. The molecule has 7 nitrogen and oxygen atoms in total. The average Bonchev–Trinajstić information content (AvgIpc) is 2.60. The van der Waals surface area contributed by atoms with Gasteiger partial charge in [0.25, 0.3) is 11.6 Å². The number of halogens is 3. The van der Waals surface area contributed by atoms with Crippen molar-refractivity contribution in [1.82, 2.24) is 0 Å². The fraction of sp³-hybridized carbons (Fsp3) is 0.0588. The van der Waals surface area contributed by atoms with E-state index in [1.165, 1.54) is 24.3 Å². The molecule has 2 N–H and O–H groups in total. The zero-order chi connectivity index (χ0) is 19.8. The highest BCUT2D eigenvalue weighted by Gasteiger charge is 2.33. The summed E-state index contributed by atoms with van der Waals surface area (Å²) >= 11 is 0. The van der Waals surface area contributed by atoms with Crippen molar-refractivity contribution in [2.75, 3.05) is 5.32 Å². The highest BCUT2D eigenvalue weighted by molar-refractivity contribution is 6.05. The number of anilines is 1. The molecule has 2 aromatic carbocycles. The molecule has 0 aliphatic heterocycles. The van der Waals surface area contributed by atoms with Crippen molar-refractivity contribution < 1.29 is 27.3 Å². The Morgan fingerprint density at radius 1 is 1.15 bits per heavy atom.